The van der Waals surface area contributed by atoms with E-state index in [4.69, 9.17) is 31.8 Å². The van der Waals surface area contributed by atoms with Crippen molar-refractivity contribution in [3.8, 4) is 22.6 Å². The third kappa shape index (κ3) is 3.46. The van der Waals surface area contributed by atoms with Crippen LogP contribution in [0.4, 0.5) is 4.39 Å². The fourth-order valence-electron chi connectivity index (χ4n) is 5.50. The van der Waals surface area contributed by atoms with Crippen LogP contribution in [0.25, 0.3) is 11.1 Å². The number of rotatable bonds is 2. The first-order valence-corrected chi connectivity index (χ1v) is 12.0. The highest BCUT2D eigenvalue weighted by Crippen LogP contribution is 2.52. The summed E-state index contributed by atoms with van der Waals surface area (Å²) < 4.78 is 27.2. The first-order valence-electron chi connectivity index (χ1n) is 11.6. The van der Waals surface area contributed by atoms with Gasteiger partial charge in [-0.3, -0.25) is 4.99 Å². The molecule has 1 spiro atoms. The van der Waals surface area contributed by atoms with E-state index in [1.807, 2.05) is 18.2 Å². The molecular formula is C26H24ClFN4O2. The second-order valence-corrected chi connectivity index (χ2v) is 9.57. The van der Waals surface area contributed by atoms with Gasteiger partial charge >= 0.3 is 0 Å². The monoisotopic (exact) mass is 478 g/mol. The normalized spacial score (nSPS) is 24.2. The summed E-state index contributed by atoms with van der Waals surface area (Å²) in [4.78, 5) is 13.1. The topological polar surface area (TPSA) is 82.6 Å². The Hall–Kier alpha value is -3.03. The van der Waals surface area contributed by atoms with Crippen LogP contribution in [0.15, 0.2) is 53.8 Å². The van der Waals surface area contributed by atoms with Gasteiger partial charge < -0.3 is 15.2 Å². The number of hydrogen-bond acceptors (Lipinski definition) is 6. The lowest BCUT2D eigenvalue weighted by atomic mass is 9.78. The Balaban J connectivity index is 1.52. The first-order chi connectivity index (χ1) is 16.5. The van der Waals surface area contributed by atoms with Crippen LogP contribution in [0.1, 0.15) is 43.2 Å². The molecule has 2 N–H and O–H groups in total. The third-order valence-electron chi connectivity index (χ3n) is 7.16. The zero-order valence-corrected chi connectivity index (χ0v) is 19.3. The fraction of sp³-hybridized carbons (Fsp3) is 0.346. The number of aromatic nitrogens is 2. The second-order valence-electron chi connectivity index (χ2n) is 9.18. The molecule has 1 fully saturated rings. The highest BCUT2D eigenvalue weighted by molar-refractivity contribution is 6.29. The molecule has 2 aliphatic heterocycles. The Labute approximate surface area is 202 Å². The molecule has 0 amide bonds. The third-order valence-corrected chi connectivity index (χ3v) is 7.36. The lowest BCUT2D eigenvalue weighted by Crippen LogP contribution is -2.49. The number of halogens is 2. The molecule has 6 nitrogen and oxygen atoms in total. The van der Waals surface area contributed by atoms with Crippen LogP contribution < -0.4 is 10.5 Å². The van der Waals surface area contributed by atoms with Crippen LogP contribution in [0.2, 0.25) is 5.15 Å². The molecule has 34 heavy (non-hydrogen) atoms. The molecule has 0 saturated heterocycles. The van der Waals surface area contributed by atoms with Crippen LogP contribution >= 0.6 is 11.6 Å². The number of fused-ring (bicyclic) bond motifs is 4. The molecule has 0 radical (unpaired) electrons. The molecule has 3 aliphatic rings. The molecule has 2 aromatic heterocycles. The van der Waals surface area contributed by atoms with Crippen LogP contribution in [0.3, 0.4) is 0 Å². The van der Waals surface area contributed by atoms with Gasteiger partial charge in [0.1, 0.15) is 28.4 Å². The van der Waals surface area contributed by atoms with Gasteiger partial charge in [0.25, 0.3) is 0 Å². The smallest absolute Gasteiger partial charge is 0.220 e. The van der Waals surface area contributed by atoms with Crippen molar-refractivity contribution in [1.29, 1.82) is 0 Å². The van der Waals surface area contributed by atoms with Gasteiger partial charge in [0.15, 0.2) is 5.75 Å². The maximum atomic E-state index is 14.5. The SMILES string of the molecule is NC1=N[C@@]2(CO[C@H]1C1CCCCC1)c1cc(-c3cccnc3F)ccc1Oc1cnc(Cl)cc12. The largest absolute Gasteiger partial charge is 0.455 e. The van der Waals surface area contributed by atoms with E-state index in [1.54, 1.807) is 24.4 Å². The van der Waals surface area contributed by atoms with Gasteiger partial charge in [-0.25, -0.2) is 9.97 Å². The van der Waals surface area contributed by atoms with Crippen molar-refractivity contribution in [2.45, 2.75) is 43.7 Å². The molecular weight excluding hydrogens is 455 g/mol. The Morgan fingerprint density at radius 2 is 1.85 bits per heavy atom. The number of hydrogen-bond donors (Lipinski definition) is 1. The Kier molecular flexibility index (Phi) is 5.26. The Bertz CT molecular complexity index is 1290. The summed E-state index contributed by atoms with van der Waals surface area (Å²) >= 11 is 6.30. The fourth-order valence-corrected chi connectivity index (χ4v) is 5.66. The molecule has 1 aromatic carbocycles. The number of ether oxygens (including phenoxy) is 2. The van der Waals surface area contributed by atoms with Crippen molar-refractivity contribution < 1.29 is 13.9 Å². The number of benzene rings is 1. The molecule has 1 aliphatic carbocycles. The van der Waals surface area contributed by atoms with Gasteiger partial charge in [-0.2, -0.15) is 4.39 Å². The van der Waals surface area contributed by atoms with Crippen LogP contribution in [-0.2, 0) is 10.3 Å². The van der Waals surface area contributed by atoms with Crippen molar-refractivity contribution >= 4 is 17.4 Å². The van der Waals surface area contributed by atoms with Crippen LogP contribution in [0.5, 0.6) is 11.5 Å². The molecule has 4 heterocycles. The number of aliphatic imine (C=N–C) groups is 1. The highest BCUT2D eigenvalue weighted by Gasteiger charge is 2.48. The lowest BCUT2D eigenvalue weighted by molar-refractivity contribution is 0.00780. The summed E-state index contributed by atoms with van der Waals surface area (Å²) in [6.07, 6.45) is 8.61. The summed E-state index contributed by atoms with van der Waals surface area (Å²) in [7, 11) is 0. The highest BCUT2D eigenvalue weighted by atomic mass is 35.5. The van der Waals surface area contributed by atoms with Gasteiger partial charge in [0.05, 0.1) is 12.8 Å². The molecule has 8 heteroatoms. The number of amidine groups is 1. The van der Waals surface area contributed by atoms with Gasteiger partial charge in [-0.1, -0.05) is 36.9 Å². The standard InChI is InChI=1S/C26H24ClFN4O2/c27-22-12-19-21(13-31-22)34-20-9-8-16(17-7-4-10-30-24(17)28)11-18(20)26(19)14-33-23(25(29)32-26)15-5-2-1-3-6-15/h4,7-13,15,23H,1-3,5-6,14H2,(H2,29,32)/t23-,26-/m0/s1. The summed E-state index contributed by atoms with van der Waals surface area (Å²) in [5.41, 5.74) is 8.17. The van der Waals surface area contributed by atoms with Crippen molar-refractivity contribution in [2.75, 3.05) is 6.61 Å². The zero-order chi connectivity index (χ0) is 23.3. The molecule has 3 aromatic rings. The first kappa shape index (κ1) is 21.5. The zero-order valence-electron chi connectivity index (χ0n) is 18.5. The molecule has 6 rings (SSSR count). The van der Waals surface area contributed by atoms with E-state index < -0.39 is 11.5 Å². The molecule has 0 bridgehead atoms. The van der Waals surface area contributed by atoms with Crippen molar-refractivity contribution in [1.82, 2.24) is 9.97 Å². The molecule has 174 valence electrons. The van der Waals surface area contributed by atoms with E-state index in [9.17, 15) is 4.39 Å². The van der Waals surface area contributed by atoms with E-state index in [-0.39, 0.29) is 12.7 Å². The maximum absolute atomic E-state index is 14.5. The predicted molar refractivity (Wildman–Crippen MR) is 128 cm³/mol. The summed E-state index contributed by atoms with van der Waals surface area (Å²) in [5, 5.41) is 0.322. The van der Waals surface area contributed by atoms with Gasteiger partial charge in [0.2, 0.25) is 5.95 Å². The summed E-state index contributed by atoms with van der Waals surface area (Å²) in [6, 6.07) is 10.7. The van der Waals surface area contributed by atoms with E-state index in [2.05, 4.69) is 9.97 Å². The van der Waals surface area contributed by atoms with Crippen molar-refractivity contribution in [3.05, 3.63) is 71.0 Å². The minimum Gasteiger partial charge on any atom is -0.455 e. The van der Waals surface area contributed by atoms with E-state index in [1.165, 1.54) is 25.5 Å². The van der Waals surface area contributed by atoms with Gasteiger partial charge in [0, 0.05) is 22.9 Å². The van der Waals surface area contributed by atoms with Crippen molar-refractivity contribution in [2.24, 2.45) is 16.6 Å². The van der Waals surface area contributed by atoms with Gasteiger partial charge in [-0.15, -0.1) is 0 Å². The van der Waals surface area contributed by atoms with E-state index in [0.717, 1.165) is 24.0 Å². The Morgan fingerprint density at radius 3 is 2.65 bits per heavy atom. The van der Waals surface area contributed by atoms with Gasteiger partial charge in [-0.05, 0) is 54.7 Å². The predicted octanol–water partition coefficient (Wildman–Crippen LogP) is 5.62. The average molecular weight is 479 g/mol. The second kappa shape index (κ2) is 8.32. The number of nitrogens with zero attached hydrogens (tertiary/aromatic N) is 3. The van der Waals surface area contributed by atoms with Crippen LogP contribution in [-0.4, -0.2) is 28.5 Å². The molecule has 0 unspecified atom stereocenters. The molecule has 2 atom stereocenters. The lowest BCUT2D eigenvalue weighted by Gasteiger charge is -2.43. The minimum absolute atomic E-state index is 0.211. The Morgan fingerprint density at radius 1 is 1.03 bits per heavy atom. The van der Waals surface area contributed by atoms with Crippen LogP contribution in [0, 0.1) is 11.9 Å². The summed E-state index contributed by atoms with van der Waals surface area (Å²) in [6.45, 7) is 0.275. The van der Waals surface area contributed by atoms with Crippen molar-refractivity contribution in [3.63, 3.8) is 0 Å². The average Bonchev–Trinajstić information content (AvgIpc) is 2.86. The maximum Gasteiger partial charge on any atom is 0.220 e. The quantitative estimate of drug-likeness (QED) is 0.483. The van der Waals surface area contributed by atoms with E-state index in [0.29, 0.717) is 39.5 Å². The number of nitrogens with two attached hydrogens (primary N) is 1. The summed E-state index contributed by atoms with van der Waals surface area (Å²) in [5.74, 6) is 1.45. The van der Waals surface area contributed by atoms with E-state index >= 15 is 0 Å². The number of pyridine rings is 2. The molecule has 1 saturated carbocycles. The minimum atomic E-state index is -0.973.